The summed E-state index contributed by atoms with van der Waals surface area (Å²) in [5.74, 6) is -17.4. The molecule has 59 heavy (non-hydrogen) atoms. The number of hydrogen-bond donors (Lipinski definition) is 3. The summed E-state index contributed by atoms with van der Waals surface area (Å²) in [6, 6.07) is 0. The number of halogens is 6. The lowest BCUT2D eigenvalue weighted by Crippen LogP contribution is -2.41. The fourth-order valence-electron chi connectivity index (χ4n) is 11.2. The minimum absolute atomic E-state index is 0.120. The quantitative estimate of drug-likeness (QED) is 0.0712. The van der Waals surface area contributed by atoms with E-state index in [4.69, 9.17) is 14.2 Å². The van der Waals surface area contributed by atoms with Gasteiger partial charge in [-0.3, -0.25) is 28.8 Å². The Bertz CT molecular complexity index is 1530. The predicted octanol–water partition coefficient (Wildman–Crippen LogP) is 5.79. The van der Waals surface area contributed by atoms with E-state index in [0.717, 1.165) is 0 Å². The van der Waals surface area contributed by atoms with Crippen LogP contribution in [0.5, 0.6) is 0 Å². The van der Waals surface area contributed by atoms with Crippen molar-refractivity contribution in [3.05, 3.63) is 0 Å². The molecule has 15 unspecified atom stereocenters. The van der Waals surface area contributed by atoms with Gasteiger partial charge in [0, 0.05) is 22.7 Å². The van der Waals surface area contributed by atoms with Gasteiger partial charge >= 0.3 is 35.8 Å². The number of ether oxygens (including phenoxy) is 3. The molecular formula is C38H48F6O12S3. The van der Waals surface area contributed by atoms with Crippen molar-refractivity contribution >= 4 is 71.1 Å². The molecule has 6 saturated carbocycles. The third kappa shape index (κ3) is 10.2. The molecule has 0 heterocycles. The molecule has 15 atom stereocenters. The average molecular weight is 907 g/mol. The Kier molecular flexibility index (Phi) is 14.7. The van der Waals surface area contributed by atoms with Gasteiger partial charge in [0.15, 0.2) is 19.8 Å². The number of aliphatic carboxylic acids is 3. The molecular weight excluding hydrogens is 859 g/mol. The van der Waals surface area contributed by atoms with Crippen LogP contribution >= 0.6 is 35.3 Å². The molecule has 6 aliphatic rings. The molecule has 0 aromatic heterocycles. The molecule has 0 amide bonds. The van der Waals surface area contributed by atoms with Gasteiger partial charge in [0.25, 0.3) is 18.8 Å². The number of esters is 3. The summed E-state index contributed by atoms with van der Waals surface area (Å²) in [5, 5.41) is 29.3. The second-order valence-corrected chi connectivity index (χ2v) is 20.9. The smallest absolute Gasteiger partial charge is 0.310 e. The second-order valence-electron chi connectivity index (χ2n) is 17.1. The Morgan fingerprint density at radius 1 is 0.542 bits per heavy atom. The number of thioether (sulfide) groups is 3. The van der Waals surface area contributed by atoms with Crippen LogP contribution in [-0.4, -0.2) is 123 Å². The first-order chi connectivity index (χ1) is 27.7. The van der Waals surface area contributed by atoms with E-state index in [1.165, 1.54) is 35.3 Å². The van der Waals surface area contributed by atoms with Crippen LogP contribution in [0.2, 0.25) is 0 Å². The Labute approximate surface area is 348 Å². The number of hydrogen-bond acceptors (Lipinski definition) is 12. The summed E-state index contributed by atoms with van der Waals surface area (Å²) in [4.78, 5) is 75.6. The largest absolute Gasteiger partial charge is 0.481 e. The van der Waals surface area contributed by atoms with Crippen LogP contribution < -0.4 is 0 Å². The van der Waals surface area contributed by atoms with Gasteiger partial charge in [-0.2, -0.15) is 35.3 Å². The summed E-state index contributed by atoms with van der Waals surface area (Å²) in [7, 11) is 0. The highest BCUT2D eigenvalue weighted by Crippen LogP contribution is 2.60. The molecule has 3 N–H and O–H groups in total. The van der Waals surface area contributed by atoms with E-state index in [1.807, 2.05) is 0 Å². The van der Waals surface area contributed by atoms with E-state index in [-0.39, 0.29) is 39.4 Å². The van der Waals surface area contributed by atoms with E-state index >= 15 is 0 Å². The maximum Gasteiger partial charge on any atom is 0.310 e. The van der Waals surface area contributed by atoms with E-state index < -0.39 is 128 Å². The zero-order chi connectivity index (χ0) is 43.1. The van der Waals surface area contributed by atoms with E-state index in [1.54, 1.807) is 0 Å². The van der Waals surface area contributed by atoms with Gasteiger partial charge in [-0.1, -0.05) is 0 Å². The van der Waals surface area contributed by atoms with Gasteiger partial charge in [-0.25, -0.2) is 26.3 Å². The van der Waals surface area contributed by atoms with Gasteiger partial charge in [0.05, 0.1) is 35.5 Å². The zero-order valence-corrected chi connectivity index (χ0v) is 34.3. The van der Waals surface area contributed by atoms with Crippen molar-refractivity contribution in [2.24, 2.45) is 76.9 Å². The minimum Gasteiger partial charge on any atom is -0.481 e. The summed E-state index contributed by atoms with van der Waals surface area (Å²) >= 11 is 4.58. The number of fused-ring (bicyclic) bond motifs is 6. The average Bonchev–Trinajstić information content (AvgIpc) is 4.01. The first-order valence-corrected chi connectivity index (χ1v) is 22.9. The highest BCUT2D eigenvalue weighted by Gasteiger charge is 2.61. The predicted molar refractivity (Wildman–Crippen MR) is 200 cm³/mol. The van der Waals surface area contributed by atoms with Gasteiger partial charge in [0.1, 0.15) is 0 Å². The molecule has 0 aromatic carbocycles. The molecule has 0 radical (unpaired) electrons. The van der Waals surface area contributed by atoms with Crippen LogP contribution in [-0.2, 0) is 43.0 Å². The lowest BCUT2D eigenvalue weighted by atomic mass is 9.79. The molecule has 21 heteroatoms. The van der Waals surface area contributed by atoms with Crippen LogP contribution in [0.15, 0.2) is 0 Å². The maximum atomic E-state index is 13.6. The Hall–Kier alpha value is -2.55. The highest BCUT2D eigenvalue weighted by molar-refractivity contribution is 8.01. The summed E-state index contributed by atoms with van der Waals surface area (Å²) in [6.07, 6.45) is -3.18. The standard InChI is InChI=1S/C38H48F6O12S3/c1-38(43,44)13-56-37(53)31-20-4-17(28(31)34(49)50)7-23(20)59-12-14(10-57-21-5-15-2-18(21)29(26(15)32(45)46)35(51)54-8-24(39)40)11-58-22-6-16-3-19(22)30(27(16)33(47)48)36(52)55-9-25(41)42/h14-31H,2-13H2,1H3,(H,45,46)(H,47,48)(H,49,50). The molecule has 332 valence electrons. The van der Waals surface area contributed by atoms with Crippen molar-refractivity contribution in [1.29, 1.82) is 0 Å². The van der Waals surface area contributed by atoms with Gasteiger partial charge < -0.3 is 29.5 Å². The number of carbonyl (C=O) groups is 6. The Morgan fingerprint density at radius 3 is 1.12 bits per heavy atom. The van der Waals surface area contributed by atoms with Crippen molar-refractivity contribution in [2.75, 3.05) is 37.1 Å². The number of rotatable bonds is 21. The van der Waals surface area contributed by atoms with Crippen molar-refractivity contribution in [3.63, 3.8) is 0 Å². The summed E-state index contributed by atoms with van der Waals surface area (Å²) in [5.41, 5.74) is 0. The Balaban J connectivity index is 1.15. The zero-order valence-electron chi connectivity index (χ0n) is 31.9. The lowest BCUT2D eigenvalue weighted by molar-refractivity contribution is -0.167. The minimum atomic E-state index is -3.30. The summed E-state index contributed by atoms with van der Waals surface area (Å²) in [6.45, 7) is -2.88. The van der Waals surface area contributed by atoms with Crippen LogP contribution in [0.4, 0.5) is 26.3 Å². The molecule has 0 aliphatic heterocycles. The number of carboxylic acid groups (broad SMARTS) is 3. The number of alkyl halides is 6. The summed E-state index contributed by atoms with van der Waals surface area (Å²) < 4.78 is 93.2. The molecule has 0 aromatic rings. The molecule has 6 aliphatic carbocycles. The third-order valence-electron chi connectivity index (χ3n) is 13.3. The second kappa shape index (κ2) is 18.8. The first kappa shape index (κ1) is 46.0. The molecule has 6 rings (SSSR count). The van der Waals surface area contributed by atoms with Crippen LogP contribution in [0.3, 0.4) is 0 Å². The number of carbonyl (C=O) groups excluding carboxylic acids is 3. The molecule has 0 spiro atoms. The number of carboxylic acids is 3. The highest BCUT2D eigenvalue weighted by atomic mass is 32.2. The first-order valence-electron chi connectivity index (χ1n) is 19.7. The van der Waals surface area contributed by atoms with Gasteiger partial charge in [-0.15, -0.1) is 0 Å². The fraction of sp³-hybridized carbons (Fsp3) is 0.842. The molecule has 0 saturated heterocycles. The van der Waals surface area contributed by atoms with E-state index in [2.05, 4.69) is 0 Å². The SMILES string of the molecule is CC(F)(F)COC(=O)C1C2CC(CC2SCC(CSC2CC3CC2C(C(=O)OCC(F)F)C3C(=O)O)CSC2CC3CC2C(C(=O)OCC(F)F)C3C(=O)O)C1C(=O)O. The lowest BCUT2D eigenvalue weighted by Gasteiger charge is -2.35. The molecule has 6 fully saturated rings. The van der Waals surface area contributed by atoms with Crippen LogP contribution in [0.1, 0.15) is 45.4 Å². The third-order valence-corrected chi connectivity index (χ3v) is 18.2. The van der Waals surface area contributed by atoms with Crippen molar-refractivity contribution in [3.8, 4) is 0 Å². The fourth-order valence-corrected chi connectivity index (χ4v) is 16.7. The Morgan fingerprint density at radius 2 is 0.847 bits per heavy atom. The maximum absolute atomic E-state index is 13.6. The van der Waals surface area contributed by atoms with Crippen molar-refractivity contribution < 1.29 is 84.6 Å². The van der Waals surface area contributed by atoms with Gasteiger partial charge in [-0.05, 0) is 97.2 Å². The normalized spacial score (nSPS) is 37.3. The molecule has 6 bridgehead atoms. The monoisotopic (exact) mass is 906 g/mol. The van der Waals surface area contributed by atoms with Gasteiger partial charge in [0.2, 0.25) is 0 Å². The van der Waals surface area contributed by atoms with E-state index in [0.29, 0.717) is 62.7 Å². The molecule has 12 nitrogen and oxygen atoms in total. The van der Waals surface area contributed by atoms with E-state index in [9.17, 15) is 70.4 Å². The van der Waals surface area contributed by atoms with Crippen LogP contribution in [0.25, 0.3) is 0 Å². The van der Waals surface area contributed by atoms with Crippen molar-refractivity contribution in [1.82, 2.24) is 0 Å². The van der Waals surface area contributed by atoms with Crippen molar-refractivity contribution in [2.45, 2.75) is 80.0 Å². The van der Waals surface area contributed by atoms with Crippen LogP contribution in [0, 0.1) is 76.9 Å². The topological polar surface area (TPSA) is 191 Å².